The Hall–Kier alpha value is -3.65. The van der Waals surface area contributed by atoms with E-state index in [-0.39, 0.29) is 23.9 Å². The van der Waals surface area contributed by atoms with Crippen LogP contribution in [-0.4, -0.2) is 53.4 Å². The molecule has 1 heterocycles. The van der Waals surface area contributed by atoms with E-state index in [1.165, 1.54) is 4.90 Å². The molecule has 3 aromatic rings. The molecule has 0 atom stereocenters. The monoisotopic (exact) mass is 491 g/mol. The van der Waals surface area contributed by atoms with Crippen LogP contribution in [0.5, 0.6) is 0 Å². The van der Waals surface area contributed by atoms with Crippen molar-refractivity contribution in [3.05, 3.63) is 71.4 Å². The van der Waals surface area contributed by atoms with Crippen molar-refractivity contribution in [2.75, 3.05) is 37.4 Å². The summed E-state index contributed by atoms with van der Waals surface area (Å²) in [6, 6.07) is 17.0. The molecule has 8 nitrogen and oxygen atoms in total. The number of aromatic nitrogens is 2. The SMILES string of the molecule is COCCCN(CC(=O)Nc1cc(C(C)(C)C)nn1-c1ccc(C)cc1)C(=O)Nc1ccc(C)cc1. The minimum absolute atomic E-state index is 0.106. The van der Waals surface area contributed by atoms with E-state index in [1.807, 2.05) is 68.4 Å². The van der Waals surface area contributed by atoms with E-state index in [0.717, 1.165) is 22.5 Å². The Morgan fingerprint density at radius 2 is 1.58 bits per heavy atom. The Labute approximate surface area is 213 Å². The second kappa shape index (κ2) is 11.9. The summed E-state index contributed by atoms with van der Waals surface area (Å²) in [5.41, 5.74) is 4.42. The Morgan fingerprint density at radius 1 is 0.972 bits per heavy atom. The van der Waals surface area contributed by atoms with Gasteiger partial charge in [0, 0.05) is 37.4 Å². The lowest BCUT2D eigenvalue weighted by Gasteiger charge is -2.22. The number of rotatable bonds is 9. The van der Waals surface area contributed by atoms with Crippen LogP contribution in [0.3, 0.4) is 0 Å². The quantitative estimate of drug-likeness (QED) is 0.398. The molecule has 8 heteroatoms. The van der Waals surface area contributed by atoms with Gasteiger partial charge in [-0.2, -0.15) is 5.10 Å². The van der Waals surface area contributed by atoms with Crippen LogP contribution < -0.4 is 10.6 Å². The summed E-state index contributed by atoms with van der Waals surface area (Å²) in [5.74, 6) is 0.254. The maximum absolute atomic E-state index is 13.1. The zero-order chi connectivity index (χ0) is 26.3. The third-order valence-electron chi connectivity index (χ3n) is 5.72. The highest BCUT2D eigenvalue weighted by Crippen LogP contribution is 2.26. The lowest BCUT2D eigenvalue weighted by atomic mass is 9.92. The fourth-order valence-corrected chi connectivity index (χ4v) is 3.57. The highest BCUT2D eigenvalue weighted by molar-refractivity contribution is 5.96. The van der Waals surface area contributed by atoms with Crippen LogP contribution in [0.1, 0.15) is 44.0 Å². The smallest absolute Gasteiger partial charge is 0.322 e. The van der Waals surface area contributed by atoms with Crippen molar-refractivity contribution in [1.29, 1.82) is 0 Å². The van der Waals surface area contributed by atoms with Crippen molar-refractivity contribution in [2.45, 2.75) is 46.5 Å². The van der Waals surface area contributed by atoms with Crippen molar-refractivity contribution in [3.8, 4) is 5.69 Å². The Kier molecular flexibility index (Phi) is 8.88. The van der Waals surface area contributed by atoms with Crippen LogP contribution in [0.15, 0.2) is 54.6 Å². The molecule has 0 saturated heterocycles. The van der Waals surface area contributed by atoms with Crippen LogP contribution in [0.2, 0.25) is 0 Å². The Morgan fingerprint density at radius 3 is 2.17 bits per heavy atom. The van der Waals surface area contributed by atoms with Gasteiger partial charge in [0.05, 0.1) is 11.4 Å². The number of amides is 3. The summed E-state index contributed by atoms with van der Waals surface area (Å²) in [4.78, 5) is 27.7. The maximum Gasteiger partial charge on any atom is 0.322 e. The number of anilines is 2. The molecule has 0 radical (unpaired) electrons. The summed E-state index contributed by atoms with van der Waals surface area (Å²) in [6.07, 6.45) is 0.612. The number of hydrogen-bond acceptors (Lipinski definition) is 4. The summed E-state index contributed by atoms with van der Waals surface area (Å²) in [7, 11) is 1.61. The average Bonchev–Trinajstić information content (AvgIpc) is 3.24. The maximum atomic E-state index is 13.1. The third kappa shape index (κ3) is 7.42. The molecule has 1 aromatic heterocycles. The summed E-state index contributed by atoms with van der Waals surface area (Å²) >= 11 is 0. The van der Waals surface area contributed by atoms with Crippen LogP contribution in [0, 0.1) is 13.8 Å². The molecule has 0 aliphatic heterocycles. The molecule has 0 fully saturated rings. The van der Waals surface area contributed by atoms with E-state index in [9.17, 15) is 9.59 Å². The molecule has 36 heavy (non-hydrogen) atoms. The van der Waals surface area contributed by atoms with Crippen molar-refractivity contribution in [3.63, 3.8) is 0 Å². The molecule has 3 amide bonds. The lowest BCUT2D eigenvalue weighted by Crippen LogP contribution is -2.41. The van der Waals surface area contributed by atoms with E-state index in [4.69, 9.17) is 9.84 Å². The zero-order valence-electron chi connectivity index (χ0n) is 22.1. The molecule has 0 bridgehead atoms. The van der Waals surface area contributed by atoms with Crippen molar-refractivity contribution in [1.82, 2.24) is 14.7 Å². The van der Waals surface area contributed by atoms with Gasteiger partial charge in [-0.3, -0.25) is 4.79 Å². The molecule has 2 aromatic carbocycles. The largest absolute Gasteiger partial charge is 0.385 e. The summed E-state index contributed by atoms with van der Waals surface area (Å²) < 4.78 is 6.88. The molecule has 2 N–H and O–H groups in total. The lowest BCUT2D eigenvalue weighted by molar-refractivity contribution is -0.116. The fraction of sp³-hybridized carbons (Fsp3) is 0.393. The number of carbonyl (C=O) groups excluding carboxylic acids is 2. The first-order valence-electron chi connectivity index (χ1n) is 12.2. The molecule has 0 saturated carbocycles. The number of urea groups is 1. The van der Waals surface area contributed by atoms with E-state index in [1.54, 1.807) is 11.8 Å². The Balaban J connectivity index is 1.79. The molecule has 0 spiro atoms. The molecule has 3 rings (SSSR count). The first kappa shape index (κ1) is 26.9. The van der Waals surface area contributed by atoms with E-state index in [0.29, 0.717) is 31.1 Å². The third-order valence-corrected chi connectivity index (χ3v) is 5.72. The topological polar surface area (TPSA) is 88.5 Å². The fourth-order valence-electron chi connectivity index (χ4n) is 3.57. The molecule has 0 unspecified atom stereocenters. The van der Waals surface area contributed by atoms with Gasteiger partial charge in [0.15, 0.2) is 0 Å². The minimum atomic E-state index is -0.340. The number of nitrogens with one attached hydrogen (secondary N) is 2. The minimum Gasteiger partial charge on any atom is -0.385 e. The van der Waals surface area contributed by atoms with Crippen LogP contribution in [0.4, 0.5) is 16.3 Å². The second-order valence-electron chi connectivity index (χ2n) is 10.0. The highest BCUT2D eigenvalue weighted by Gasteiger charge is 2.23. The number of aryl methyl sites for hydroxylation is 2. The highest BCUT2D eigenvalue weighted by atomic mass is 16.5. The molecule has 192 valence electrons. The number of carbonyl (C=O) groups is 2. The van der Waals surface area contributed by atoms with E-state index < -0.39 is 0 Å². The summed E-state index contributed by atoms with van der Waals surface area (Å²) in [5, 5.41) is 10.6. The zero-order valence-corrected chi connectivity index (χ0v) is 22.1. The van der Waals surface area contributed by atoms with Gasteiger partial charge in [-0.15, -0.1) is 0 Å². The van der Waals surface area contributed by atoms with Gasteiger partial charge in [0.2, 0.25) is 5.91 Å². The van der Waals surface area contributed by atoms with Gasteiger partial charge in [0.25, 0.3) is 0 Å². The number of ether oxygens (including phenoxy) is 1. The standard InChI is InChI=1S/C28H37N5O3/c1-20-8-12-22(13-9-20)29-27(35)32(16-7-17-36-6)19-26(34)30-25-18-24(28(3,4)5)31-33(25)23-14-10-21(2)11-15-23/h8-15,18H,7,16-17,19H2,1-6H3,(H,29,35)(H,30,34). The molecular weight excluding hydrogens is 454 g/mol. The predicted octanol–water partition coefficient (Wildman–Crippen LogP) is 5.30. The van der Waals surface area contributed by atoms with Crippen LogP contribution in [-0.2, 0) is 14.9 Å². The first-order chi connectivity index (χ1) is 17.1. The molecule has 0 aliphatic rings. The van der Waals surface area contributed by atoms with E-state index >= 15 is 0 Å². The molecular formula is C28H37N5O3. The predicted molar refractivity (Wildman–Crippen MR) is 144 cm³/mol. The Bertz CT molecular complexity index is 1160. The number of benzene rings is 2. The number of hydrogen-bond donors (Lipinski definition) is 2. The van der Waals surface area contributed by atoms with Gasteiger partial charge in [0.1, 0.15) is 12.4 Å². The number of nitrogens with zero attached hydrogens (tertiary/aromatic N) is 3. The molecule has 0 aliphatic carbocycles. The average molecular weight is 492 g/mol. The van der Waals surface area contributed by atoms with Gasteiger partial charge in [-0.1, -0.05) is 56.2 Å². The van der Waals surface area contributed by atoms with Gasteiger partial charge >= 0.3 is 6.03 Å². The van der Waals surface area contributed by atoms with Crippen molar-refractivity contribution >= 4 is 23.4 Å². The van der Waals surface area contributed by atoms with Gasteiger partial charge in [-0.05, 0) is 44.5 Å². The van der Waals surface area contributed by atoms with Gasteiger partial charge < -0.3 is 20.3 Å². The summed E-state index contributed by atoms with van der Waals surface area (Å²) in [6.45, 7) is 11.0. The number of methoxy groups -OCH3 is 1. The van der Waals surface area contributed by atoms with E-state index in [2.05, 4.69) is 31.4 Å². The van der Waals surface area contributed by atoms with Gasteiger partial charge in [-0.25, -0.2) is 9.48 Å². The normalized spacial score (nSPS) is 11.3. The second-order valence-corrected chi connectivity index (χ2v) is 10.0. The van der Waals surface area contributed by atoms with Crippen LogP contribution in [0.25, 0.3) is 5.69 Å². The first-order valence-corrected chi connectivity index (χ1v) is 12.2. The van der Waals surface area contributed by atoms with Crippen molar-refractivity contribution < 1.29 is 14.3 Å². The van der Waals surface area contributed by atoms with Crippen LogP contribution >= 0.6 is 0 Å². The van der Waals surface area contributed by atoms with Crippen molar-refractivity contribution in [2.24, 2.45) is 0 Å².